The summed E-state index contributed by atoms with van der Waals surface area (Å²) in [6.45, 7) is 3.02. The molecule has 1 unspecified atom stereocenters. The first-order valence-electron chi connectivity index (χ1n) is 8.78. The summed E-state index contributed by atoms with van der Waals surface area (Å²) in [5, 5.41) is 13.6. The van der Waals surface area contributed by atoms with Crippen LogP contribution in [-0.4, -0.2) is 52.4 Å². The highest BCUT2D eigenvalue weighted by molar-refractivity contribution is 5.94. The van der Waals surface area contributed by atoms with Gasteiger partial charge in [-0.3, -0.25) is 14.3 Å². The second-order valence-electron chi connectivity index (χ2n) is 6.35. The van der Waals surface area contributed by atoms with Gasteiger partial charge in [-0.25, -0.2) is 0 Å². The fourth-order valence-corrected chi connectivity index (χ4v) is 3.47. The number of ether oxygens (including phenoxy) is 2. The molecule has 0 saturated heterocycles. The number of hydrogen-bond acceptors (Lipinski definition) is 5. The number of amides is 1. The van der Waals surface area contributed by atoms with Crippen LogP contribution in [0.15, 0.2) is 24.5 Å². The molecule has 1 amide bonds. The average Bonchev–Trinajstić information content (AvgIpc) is 3.15. The lowest BCUT2D eigenvalue weighted by Crippen LogP contribution is -2.41. The SMILES string of the molecule is CCn1cc(C(=O)N2CCc3cc(OC)c(OC)cc3C2CC(=O)O)cn1. The number of methoxy groups -OCH3 is 2. The molecule has 144 valence electrons. The van der Waals surface area contributed by atoms with Crippen molar-refractivity contribution in [1.82, 2.24) is 14.7 Å². The smallest absolute Gasteiger partial charge is 0.305 e. The summed E-state index contributed by atoms with van der Waals surface area (Å²) in [7, 11) is 3.09. The predicted octanol–water partition coefficient (Wildman–Crippen LogP) is 2.13. The number of aryl methyl sites for hydroxylation is 1. The van der Waals surface area contributed by atoms with Gasteiger partial charge >= 0.3 is 5.97 Å². The van der Waals surface area contributed by atoms with Crippen LogP contribution in [0.5, 0.6) is 11.5 Å². The Hall–Kier alpha value is -3.03. The van der Waals surface area contributed by atoms with Crippen LogP contribution in [0.4, 0.5) is 0 Å². The quantitative estimate of drug-likeness (QED) is 0.834. The van der Waals surface area contributed by atoms with E-state index in [1.807, 2.05) is 13.0 Å². The predicted molar refractivity (Wildman–Crippen MR) is 97.2 cm³/mol. The van der Waals surface area contributed by atoms with Crippen molar-refractivity contribution >= 4 is 11.9 Å². The fourth-order valence-electron chi connectivity index (χ4n) is 3.47. The van der Waals surface area contributed by atoms with Crippen LogP contribution in [0.3, 0.4) is 0 Å². The third kappa shape index (κ3) is 3.60. The first kappa shape index (κ1) is 18.8. The molecule has 27 heavy (non-hydrogen) atoms. The van der Waals surface area contributed by atoms with Crippen LogP contribution in [0.2, 0.25) is 0 Å². The van der Waals surface area contributed by atoms with Crippen LogP contribution in [-0.2, 0) is 17.8 Å². The van der Waals surface area contributed by atoms with Gasteiger partial charge in [0.05, 0.1) is 38.4 Å². The number of carboxylic acid groups (broad SMARTS) is 1. The number of hydrogen-bond donors (Lipinski definition) is 1. The van der Waals surface area contributed by atoms with Crippen molar-refractivity contribution in [2.45, 2.75) is 32.4 Å². The van der Waals surface area contributed by atoms with Crippen LogP contribution < -0.4 is 9.47 Å². The summed E-state index contributed by atoms with van der Waals surface area (Å²) in [5.41, 5.74) is 2.20. The van der Waals surface area contributed by atoms with E-state index in [0.29, 0.717) is 36.6 Å². The highest BCUT2D eigenvalue weighted by atomic mass is 16.5. The van der Waals surface area contributed by atoms with Crippen LogP contribution in [0.25, 0.3) is 0 Å². The summed E-state index contributed by atoms with van der Waals surface area (Å²) in [5.74, 6) is -0.0832. The van der Waals surface area contributed by atoms with E-state index >= 15 is 0 Å². The topological polar surface area (TPSA) is 93.9 Å². The maximum absolute atomic E-state index is 13.0. The molecule has 0 bridgehead atoms. The Labute approximate surface area is 157 Å². The van der Waals surface area contributed by atoms with Gasteiger partial charge in [0.2, 0.25) is 0 Å². The lowest BCUT2D eigenvalue weighted by molar-refractivity contribution is -0.138. The number of fused-ring (bicyclic) bond motifs is 1. The maximum Gasteiger partial charge on any atom is 0.305 e. The number of carbonyl (C=O) groups is 2. The lowest BCUT2D eigenvalue weighted by atomic mass is 9.89. The minimum absolute atomic E-state index is 0.184. The summed E-state index contributed by atoms with van der Waals surface area (Å²) < 4.78 is 12.4. The monoisotopic (exact) mass is 373 g/mol. The summed E-state index contributed by atoms with van der Waals surface area (Å²) in [6.07, 6.45) is 3.63. The van der Waals surface area contributed by atoms with Gasteiger partial charge < -0.3 is 19.5 Å². The van der Waals surface area contributed by atoms with Crippen LogP contribution in [0, 0.1) is 0 Å². The molecule has 0 spiro atoms. The molecule has 1 aromatic heterocycles. The largest absolute Gasteiger partial charge is 0.493 e. The molecular formula is C19H23N3O5. The number of nitrogens with zero attached hydrogens (tertiary/aromatic N) is 3. The van der Waals surface area contributed by atoms with Gasteiger partial charge in [0.15, 0.2) is 11.5 Å². The van der Waals surface area contributed by atoms with E-state index in [-0.39, 0.29) is 12.3 Å². The Balaban J connectivity index is 2.01. The molecule has 8 nitrogen and oxygen atoms in total. The molecule has 2 heterocycles. The maximum atomic E-state index is 13.0. The second-order valence-corrected chi connectivity index (χ2v) is 6.35. The first-order chi connectivity index (χ1) is 13.0. The van der Waals surface area contributed by atoms with Crippen molar-refractivity contribution in [2.24, 2.45) is 0 Å². The van der Waals surface area contributed by atoms with E-state index in [9.17, 15) is 14.7 Å². The molecule has 0 aliphatic carbocycles. The molecule has 3 rings (SSSR count). The van der Waals surface area contributed by atoms with Crippen molar-refractivity contribution in [3.63, 3.8) is 0 Å². The summed E-state index contributed by atoms with van der Waals surface area (Å²) in [6, 6.07) is 3.06. The minimum Gasteiger partial charge on any atom is -0.493 e. The average molecular weight is 373 g/mol. The second kappa shape index (κ2) is 7.69. The van der Waals surface area contributed by atoms with Crippen molar-refractivity contribution < 1.29 is 24.2 Å². The van der Waals surface area contributed by atoms with Gasteiger partial charge in [-0.15, -0.1) is 0 Å². The zero-order valence-electron chi connectivity index (χ0n) is 15.6. The third-order valence-corrected chi connectivity index (χ3v) is 4.84. The summed E-state index contributed by atoms with van der Waals surface area (Å²) in [4.78, 5) is 26.1. The highest BCUT2D eigenvalue weighted by Crippen LogP contribution is 2.39. The molecular weight excluding hydrogens is 350 g/mol. The normalized spacial score (nSPS) is 16.0. The van der Waals surface area contributed by atoms with Gasteiger partial charge in [-0.1, -0.05) is 0 Å². The number of carboxylic acids is 1. The van der Waals surface area contributed by atoms with Gasteiger partial charge in [-0.2, -0.15) is 5.10 Å². The highest BCUT2D eigenvalue weighted by Gasteiger charge is 2.34. The van der Waals surface area contributed by atoms with Crippen molar-refractivity contribution in [3.8, 4) is 11.5 Å². The Morgan fingerprint density at radius 2 is 1.96 bits per heavy atom. The van der Waals surface area contributed by atoms with Gasteiger partial charge in [0.1, 0.15) is 0 Å². The molecule has 1 aliphatic rings. The van der Waals surface area contributed by atoms with E-state index in [4.69, 9.17) is 9.47 Å². The van der Waals surface area contributed by atoms with Crippen molar-refractivity contribution in [3.05, 3.63) is 41.2 Å². The first-order valence-corrected chi connectivity index (χ1v) is 8.78. The zero-order valence-corrected chi connectivity index (χ0v) is 15.6. The van der Waals surface area contributed by atoms with Crippen molar-refractivity contribution in [1.29, 1.82) is 0 Å². The molecule has 0 radical (unpaired) electrons. The molecule has 1 aromatic carbocycles. The van der Waals surface area contributed by atoms with E-state index < -0.39 is 12.0 Å². The van der Waals surface area contributed by atoms with Crippen LogP contribution in [0.1, 0.15) is 40.9 Å². The number of rotatable bonds is 6. The Morgan fingerprint density at radius 3 is 2.56 bits per heavy atom. The molecule has 1 atom stereocenters. The molecule has 0 saturated carbocycles. The van der Waals surface area contributed by atoms with Gasteiger partial charge in [0.25, 0.3) is 5.91 Å². The molecule has 1 aliphatic heterocycles. The Kier molecular flexibility index (Phi) is 5.34. The number of aromatic nitrogens is 2. The van der Waals surface area contributed by atoms with Crippen LogP contribution >= 0.6 is 0 Å². The van der Waals surface area contributed by atoms with E-state index in [1.54, 1.807) is 29.0 Å². The molecule has 8 heteroatoms. The molecule has 0 fully saturated rings. The fraction of sp³-hybridized carbons (Fsp3) is 0.421. The zero-order chi connectivity index (χ0) is 19.6. The minimum atomic E-state index is -0.968. The van der Waals surface area contributed by atoms with Gasteiger partial charge in [0, 0.05) is 19.3 Å². The molecule has 1 N–H and O–H groups in total. The number of aliphatic carboxylic acids is 1. The van der Waals surface area contributed by atoms with E-state index in [1.165, 1.54) is 13.3 Å². The number of benzene rings is 1. The van der Waals surface area contributed by atoms with E-state index in [2.05, 4.69) is 5.10 Å². The Morgan fingerprint density at radius 1 is 1.26 bits per heavy atom. The lowest BCUT2D eigenvalue weighted by Gasteiger charge is -2.37. The molecule has 2 aromatic rings. The Bertz CT molecular complexity index is 861. The van der Waals surface area contributed by atoms with E-state index in [0.717, 1.165) is 11.1 Å². The number of carbonyl (C=O) groups excluding carboxylic acids is 1. The van der Waals surface area contributed by atoms with Gasteiger partial charge in [-0.05, 0) is 36.6 Å². The standard InChI is InChI=1S/C19H23N3O5/c1-4-21-11-13(10-20-21)19(25)22-6-5-12-7-16(26-2)17(27-3)8-14(12)15(22)9-18(23)24/h7-8,10-11,15H,4-6,9H2,1-3H3,(H,23,24). The van der Waals surface area contributed by atoms with Crippen molar-refractivity contribution in [2.75, 3.05) is 20.8 Å². The summed E-state index contributed by atoms with van der Waals surface area (Å²) >= 11 is 0. The third-order valence-electron chi connectivity index (χ3n) is 4.84.